The molecule has 30 heavy (non-hydrogen) atoms. The van der Waals surface area contributed by atoms with Gasteiger partial charge in [-0.05, 0) is 54.4 Å². The van der Waals surface area contributed by atoms with E-state index < -0.39 is 34.3 Å². The third-order valence-electron chi connectivity index (χ3n) is 4.81. The van der Waals surface area contributed by atoms with E-state index in [0.29, 0.717) is 21.4 Å². The van der Waals surface area contributed by atoms with Crippen LogP contribution in [0.2, 0.25) is 0 Å². The summed E-state index contributed by atoms with van der Waals surface area (Å²) in [6.45, 7) is -0.632. The summed E-state index contributed by atoms with van der Waals surface area (Å²) in [5.74, 6) is -1.14. The maximum absolute atomic E-state index is 13.2. The van der Waals surface area contributed by atoms with Crippen LogP contribution in [0.5, 0.6) is 17.2 Å². The molecule has 2 aromatic carbocycles. The molecule has 1 atom stereocenters. The monoisotopic (exact) mass is 434 g/mol. The smallest absolute Gasteiger partial charge is 0.266 e. The van der Waals surface area contributed by atoms with Gasteiger partial charge in [0.1, 0.15) is 23.8 Å². The maximum atomic E-state index is 13.2. The van der Waals surface area contributed by atoms with E-state index in [2.05, 4.69) is 5.32 Å². The minimum Gasteiger partial charge on any atom is -0.508 e. The van der Waals surface area contributed by atoms with Crippen LogP contribution in [0, 0.1) is 5.92 Å². The second kappa shape index (κ2) is 8.62. The first-order valence-corrected chi connectivity index (χ1v) is 10.5. The molecular weight excluding hydrogens is 412 g/mol. The predicted octanol–water partition coefficient (Wildman–Crippen LogP) is 0.915. The van der Waals surface area contributed by atoms with Gasteiger partial charge in [-0.3, -0.25) is 9.59 Å². The number of rotatable bonds is 6. The van der Waals surface area contributed by atoms with Crippen LogP contribution < -0.4 is 14.8 Å². The Morgan fingerprint density at radius 3 is 2.43 bits per heavy atom. The van der Waals surface area contributed by atoms with E-state index in [4.69, 9.17) is 9.47 Å². The van der Waals surface area contributed by atoms with Crippen LogP contribution in [0.1, 0.15) is 5.56 Å². The number of nitrogens with zero attached hydrogens (tertiary/aromatic N) is 1. The number of phenolic OH excluding ortho intramolecular Hbond substituents is 1. The number of ether oxygens (including phenoxy) is 2. The van der Waals surface area contributed by atoms with Crippen molar-refractivity contribution in [1.82, 2.24) is 9.62 Å². The number of methoxy groups -OCH3 is 2. The fourth-order valence-corrected chi connectivity index (χ4v) is 4.62. The number of carbonyl (C=O) groups excluding carboxylic acids is 2. The van der Waals surface area contributed by atoms with Crippen molar-refractivity contribution in [3.05, 3.63) is 48.0 Å². The van der Waals surface area contributed by atoms with E-state index in [0.717, 1.165) is 0 Å². The molecule has 0 saturated carbocycles. The van der Waals surface area contributed by atoms with Crippen LogP contribution in [0.4, 0.5) is 0 Å². The van der Waals surface area contributed by atoms with Crippen LogP contribution in [0.15, 0.2) is 47.4 Å². The molecule has 2 N–H and O–H groups in total. The summed E-state index contributed by atoms with van der Waals surface area (Å²) in [6.07, 6.45) is 0.140. The molecule has 1 heterocycles. The van der Waals surface area contributed by atoms with Crippen molar-refractivity contribution in [1.29, 1.82) is 0 Å². The lowest BCUT2D eigenvalue weighted by atomic mass is 9.97. The van der Waals surface area contributed by atoms with E-state index in [1.807, 2.05) is 0 Å². The highest BCUT2D eigenvalue weighted by Crippen LogP contribution is 2.28. The molecule has 1 fully saturated rings. The molecule has 1 aliphatic rings. The highest BCUT2D eigenvalue weighted by atomic mass is 32.2. The summed E-state index contributed by atoms with van der Waals surface area (Å²) in [7, 11) is -1.28. The summed E-state index contributed by atoms with van der Waals surface area (Å²) in [5, 5.41) is 12.0. The van der Waals surface area contributed by atoms with Gasteiger partial charge in [-0.25, -0.2) is 12.7 Å². The highest BCUT2D eigenvalue weighted by molar-refractivity contribution is 7.89. The van der Waals surface area contributed by atoms with Crippen molar-refractivity contribution in [2.24, 2.45) is 5.92 Å². The summed E-state index contributed by atoms with van der Waals surface area (Å²) >= 11 is 0. The van der Waals surface area contributed by atoms with Crippen molar-refractivity contribution in [3.8, 4) is 17.2 Å². The Morgan fingerprint density at radius 1 is 1.10 bits per heavy atom. The number of aromatic hydroxyl groups is 1. The van der Waals surface area contributed by atoms with Crippen LogP contribution in [-0.2, 0) is 26.0 Å². The quantitative estimate of drug-likeness (QED) is 0.693. The number of hydrogen-bond acceptors (Lipinski definition) is 7. The Labute approximate surface area is 174 Å². The van der Waals surface area contributed by atoms with Crippen molar-refractivity contribution in [3.63, 3.8) is 0 Å². The molecule has 2 aromatic rings. The Hall–Kier alpha value is -3.27. The molecule has 10 heteroatoms. The molecule has 0 radical (unpaired) electrons. The molecule has 0 spiro atoms. The Balaban J connectivity index is 1.95. The molecule has 0 aliphatic carbocycles. The number of nitrogens with one attached hydrogen (secondary N) is 1. The molecule has 1 aliphatic heterocycles. The number of phenols is 1. The Kier molecular flexibility index (Phi) is 6.16. The molecule has 0 aromatic heterocycles. The van der Waals surface area contributed by atoms with Gasteiger partial charge in [0.2, 0.25) is 11.8 Å². The maximum Gasteiger partial charge on any atom is 0.266 e. The zero-order chi connectivity index (χ0) is 21.9. The van der Waals surface area contributed by atoms with Crippen LogP contribution in [0.25, 0.3) is 0 Å². The lowest BCUT2D eigenvalue weighted by Gasteiger charge is -2.23. The van der Waals surface area contributed by atoms with E-state index in [9.17, 15) is 23.1 Å². The molecule has 2 amide bonds. The fraction of sp³-hybridized carbons (Fsp3) is 0.300. The minimum atomic E-state index is -4.28. The molecule has 3 rings (SSSR count). The lowest BCUT2D eigenvalue weighted by Crippen LogP contribution is -2.42. The second-order valence-electron chi connectivity index (χ2n) is 6.73. The van der Waals surface area contributed by atoms with E-state index in [1.165, 1.54) is 38.5 Å². The molecular formula is C20H22N2O7S. The minimum absolute atomic E-state index is 0.0143. The highest BCUT2D eigenvalue weighted by Gasteiger charge is 2.38. The number of hydrogen-bond donors (Lipinski definition) is 2. The second-order valence-corrected chi connectivity index (χ2v) is 8.59. The number of amides is 2. The average Bonchev–Trinajstić information content (AvgIpc) is 2.87. The number of carbonyl (C=O) groups is 2. The zero-order valence-corrected chi connectivity index (χ0v) is 17.3. The van der Waals surface area contributed by atoms with Crippen molar-refractivity contribution in [2.75, 3.05) is 27.3 Å². The molecule has 0 bridgehead atoms. The van der Waals surface area contributed by atoms with Crippen molar-refractivity contribution < 1.29 is 32.6 Å². The predicted molar refractivity (Wildman–Crippen MR) is 107 cm³/mol. The largest absolute Gasteiger partial charge is 0.508 e. The van der Waals surface area contributed by atoms with Gasteiger partial charge in [0.05, 0.1) is 25.0 Å². The SMILES string of the molecule is COc1ccc(OC)c(CC2CNC(=O)CN(S(=O)(=O)c3ccc(O)cc3)C2=O)c1. The van der Waals surface area contributed by atoms with Gasteiger partial charge in [0, 0.05) is 6.54 Å². The summed E-state index contributed by atoms with van der Waals surface area (Å²) in [4.78, 5) is 25.1. The van der Waals surface area contributed by atoms with Gasteiger partial charge in [0.25, 0.3) is 10.0 Å². The van der Waals surface area contributed by atoms with Gasteiger partial charge in [0.15, 0.2) is 0 Å². The standard InChI is InChI=1S/C20H22N2O7S/c1-28-16-5-8-18(29-2)13(10-16)9-14-11-21-19(24)12-22(20(14)25)30(26,27)17-6-3-15(23)4-7-17/h3-8,10,14,23H,9,11-12H2,1-2H3,(H,21,24). The van der Waals surface area contributed by atoms with Gasteiger partial charge < -0.3 is 19.9 Å². The Morgan fingerprint density at radius 2 is 1.80 bits per heavy atom. The summed E-state index contributed by atoms with van der Waals surface area (Å²) in [6, 6.07) is 9.88. The first kappa shape index (κ1) is 21.4. The van der Waals surface area contributed by atoms with Gasteiger partial charge in [-0.1, -0.05) is 0 Å². The van der Waals surface area contributed by atoms with E-state index >= 15 is 0 Å². The topological polar surface area (TPSA) is 122 Å². The summed E-state index contributed by atoms with van der Waals surface area (Å²) < 4.78 is 37.2. The first-order chi connectivity index (χ1) is 14.3. The third-order valence-corrected chi connectivity index (χ3v) is 6.56. The fourth-order valence-electron chi connectivity index (χ4n) is 3.21. The van der Waals surface area contributed by atoms with E-state index in [1.54, 1.807) is 18.2 Å². The van der Waals surface area contributed by atoms with Gasteiger partial charge in [-0.15, -0.1) is 0 Å². The molecule has 1 saturated heterocycles. The number of benzene rings is 2. The van der Waals surface area contributed by atoms with Crippen molar-refractivity contribution >= 4 is 21.8 Å². The summed E-state index contributed by atoms with van der Waals surface area (Å²) in [5.41, 5.74) is 0.647. The van der Waals surface area contributed by atoms with Gasteiger partial charge in [-0.2, -0.15) is 0 Å². The average molecular weight is 434 g/mol. The third kappa shape index (κ3) is 4.33. The molecule has 1 unspecified atom stereocenters. The molecule has 160 valence electrons. The number of sulfonamides is 1. The Bertz CT molecular complexity index is 1050. The van der Waals surface area contributed by atoms with Crippen LogP contribution >= 0.6 is 0 Å². The van der Waals surface area contributed by atoms with E-state index in [-0.39, 0.29) is 23.6 Å². The van der Waals surface area contributed by atoms with Crippen LogP contribution in [-0.4, -0.2) is 57.0 Å². The normalized spacial score (nSPS) is 17.3. The molecule has 9 nitrogen and oxygen atoms in total. The lowest BCUT2D eigenvalue weighted by molar-refractivity contribution is -0.131. The van der Waals surface area contributed by atoms with Crippen LogP contribution in [0.3, 0.4) is 0 Å². The van der Waals surface area contributed by atoms with Gasteiger partial charge >= 0.3 is 0 Å². The first-order valence-electron chi connectivity index (χ1n) is 9.09. The zero-order valence-electron chi connectivity index (χ0n) is 16.5. The van der Waals surface area contributed by atoms with Crippen molar-refractivity contribution in [2.45, 2.75) is 11.3 Å².